The molecular formula is C64H45N3O2. The highest BCUT2D eigenvalue weighted by atomic mass is 16.6. The van der Waals surface area contributed by atoms with E-state index >= 15 is 0 Å². The number of benzene rings is 9. The van der Waals surface area contributed by atoms with Crippen LogP contribution in [0, 0.1) is 0 Å². The van der Waals surface area contributed by atoms with Gasteiger partial charge >= 0.3 is 0 Å². The fourth-order valence-corrected chi connectivity index (χ4v) is 10.7. The Labute approximate surface area is 402 Å². The second-order valence-corrected chi connectivity index (χ2v) is 18.0. The molecule has 1 unspecified atom stereocenters. The van der Waals surface area contributed by atoms with Crippen LogP contribution >= 0.6 is 0 Å². The van der Waals surface area contributed by atoms with Gasteiger partial charge in [-0.15, -0.1) is 0 Å². The molecule has 0 saturated carbocycles. The fraction of sp³-hybridized carbons (Fsp3) is 0.0625. The van der Waals surface area contributed by atoms with Gasteiger partial charge in [-0.1, -0.05) is 218 Å². The molecule has 69 heavy (non-hydrogen) atoms. The standard InChI is InChI=1S/C64H45N3O2/c1-5-17-44(18-6-1)46-28-32-48(33-29-46)62-65-63(49-34-30-47(31-35-49)45-19-7-2-8-20-45)67(66-62)42-43-16-15-21-50(40-43)51-36-38-57-59(41-51)69-61-58(68-57)39-37-56-60(61)54-26-13-14-27-55(54)64(56,52-22-9-3-10-23-52)53-24-11-4-12-25-53/h1-19,21-41,45H,20,42H2. The van der Waals surface area contributed by atoms with E-state index in [9.17, 15) is 0 Å². The number of allylic oxidation sites excluding steroid dienone is 4. The van der Waals surface area contributed by atoms with Crippen LogP contribution in [0.1, 0.15) is 45.7 Å². The average Bonchev–Trinajstić information content (AvgIpc) is 3.99. The molecule has 5 heteroatoms. The molecule has 10 aromatic rings. The van der Waals surface area contributed by atoms with Gasteiger partial charge in [0.2, 0.25) is 0 Å². The molecule has 1 atom stereocenters. The minimum absolute atomic E-state index is 0.370. The summed E-state index contributed by atoms with van der Waals surface area (Å²) >= 11 is 0. The SMILES string of the molecule is C1=CCC(c2ccc(-c3nc(-c4ccc(-c5ccccc5)cc4)nn3Cc3cccc(-c4ccc5c(c4)Oc4c(ccc6c4-c4ccccc4C6(c4ccccc4)c4ccccc4)O5)c3)cc2)C=C1. The minimum atomic E-state index is -0.541. The highest BCUT2D eigenvalue weighted by Crippen LogP contribution is 2.62. The largest absolute Gasteiger partial charge is 0.449 e. The quantitative estimate of drug-likeness (QED) is 0.145. The van der Waals surface area contributed by atoms with Crippen molar-refractivity contribution in [2.45, 2.75) is 24.3 Å². The molecule has 0 radical (unpaired) electrons. The summed E-state index contributed by atoms with van der Waals surface area (Å²) in [6.45, 7) is 0.532. The van der Waals surface area contributed by atoms with Crippen molar-refractivity contribution >= 4 is 0 Å². The smallest absolute Gasteiger partial charge is 0.181 e. The second-order valence-electron chi connectivity index (χ2n) is 18.0. The zero-order valence-electron chi connectivity index (χ0n) is 37.7. The number of ether oxygens (including phenoxy) is 2. The maximum atomic E-state index is 7.06. The Kier molecular flexibility index (Phi) is 9.86. The van der Waals surface area contributed by atoms with Crippen molar-refractivity contribution in [2.24, 2.45) is 0 Å². The molecule has 2 heterocycles. The number of hydrogen-bond acceptors (Lipinski definition) is 4. The third-order valence-corrected chi connectivity index (χ3v) is 14.0. The maximum Gasteiger partial charge on any atom is 0.181 e. The third kappa shape index (κ3) is 7.01. The first kappa shape index (κ1) is 40.5. The van der Waals surface area contributed by atoms with Crippen molar-refractivity contribution in [3.8, 4) is 79.2 Å². The Balaban J connectivity index is 0.844. The van der Waals surface area contributed by atoms with Gasteiger partial charge in [0.15, 0.2) is 34.6 Å². The van der Waals surface area contributed by atoms with Gasteiger partial charge in [0.1, 0.15) is 0 Å². The number of rotatable bonds is 9. The Morgan fingerprint density at radius 2 is 1.13 bits per heavy atom. The highest BCUT2D eigenvalue weighted by molar-refractivity contribution is 5.92. The van der Waals surface area contributed by atoms with Gasteiger partial charge in [-0.3, -0.25) is 0 Å². The van der Waals surface area contributed by atoms with Crippen molar-refractivity contribution in [1.29, 1.82) is 0 Å². The van der Waals surface area contributed by atoms with Crippen LogP contribution in [0.4, 0.5) is 0 Å². The van der Waals surface area contributed by atoms with Crippen LogP contribution in [-0.2, 0) is 12.0 Å². The summed E-state index contributed by atoms with van der Waals surface area (Å²) in [5, 5.41) is 5.19. The molecule has 328 valence electrons. The van der Waals surface area contributed by atoms with E-state index in [0.29, 0.717) is 35.5 Å². The molecule has 0 fully saturated rings. The third-order valence-electron chi connectivity index (χ3n) is 14.0. The van der Waals surface area contributed by atoms with Crippen molar-refractivity contribution < 1.29 is 9.47 Å². The van der Waals surface area contributed by atoms with Gasteiger partial charge in [-0.25, -0.2) is 9.67 Å². The zero-order chi connectivity index (χ0) is 45.7. The second kappa shape index (κ2) is 16.8. The Hall–Kier alpha value is -8.80. The lowest BCUT2D eigenvalue weighted by Crippen LogP contribution is -2.28. The van der Waals surface area contributed by atoms with Crippen molar-refractivity contribution in [3.05, 3.63) is 276 Å². The van der Waals surface area contributed by atoms with Gasteiger partial charge in [0.05, 0.1) is 12.0 Å². The molecule has 9 aromatic carbocycles. The molecule has 0 spiro atoms. The van der Waals surface area contributed by atoms with E-state index < -0.39 is 5.41 Å². The van der Waals surface area contributed by atoms with Crippen molar-refractivity contribution in [2.75, 3.05) is 0 Å². The lowest BCUT2D eigenvalue weighted by Gasteiger charge is -2.34. The van der Waals surface area contributed by atoms with Crippen LogP contribution in [0.3, 0.4) is 0 Å². The van der Waals surface area contributed by atoms with Crippen LogP contribution in [-0.4, -0.2) is 14.8 Å². The van der Waals surface area contributed by atoms with Gasteiger partial charge in [-0.05, 0) is 91.9 Å². The topological polar surface area (TPSA) is 49.2 Å². The summed E-state index contributed by atoms with van der Waals surface area (Å²) in [6, 6.07) is 77.4. The van der Waals surface area contributed by atoms with E-state index in [2.05, 4.69) is 231 Å². The van der Waals surface area contributed by atoms with Crippen LogP contribution in [0.25, 0.3) is 56.2 Å². The predicted octanol–water partition coefficient (Wildman–Crippen LogP) is 15.9. The van der Waals surface area contributed by atoms with E-state index in [1.54, 1.807) is 0 Å². The molecule has 0 amide bonds. The first-order chi connectivity index (χ1) is 34.2. The minimum Gasteiger partial charge on any atom is -0.449 e. The first-order valence-corrected chi connectivity index (χ1v) is 23.7. The van der Waals surface area contributed by atoms with Crippen LogP contribution in [0.5, 0.6) is 23.0 Å². The van der Waals surface area contributed by atoms with Crippen LogP contribution in [0.15, 0.2) is 243 Å². The summed E-state index contributed by atoms with van der Waals surface area (Å²) in [6.07, 6.45) is 9.76. The average molecular weight is 888 g/mol. The molecule has 3 aliphatic rings. The summed E-state index contributed by atoms with van der Waals surface area (Å²) in [5.74, 6) is 4.68. The molecular weight excluding hydrogens is 843 g/mol. The zero-order valence-corrected chi connectivity index (χ0v) is 37.7. The van der Waals surface area contributed by atoms with E-state index in [4.69, 9.17) is 19.6 Å². The van der Waals surface area contributed by atoms with Crippen molar-refractivity contribution in [3.63, 3.8) is 0 Å². The number of nitrogens with zero attached hydrogens (tertiary/aromatic N) is 3. The normalized spacial score (nSPS) is 14.8. The Morgan fingerprint density at radius 1 is 0.493 bits per heavy atom. The predicted molar refractivity (Wildman–Crippen MR) is 277 cm³/mol. The summed E-state index contributed by atoms with van der Waals surface area (Å²) in [7, 11) is 0. The number of fused-ring (bicyclic) bond motifs is 6. The molecule has 0 N–H and O–H groups in total. The van der Waals surface area contributed by atoms with Gasteiger partial charge in [-0.2, -0.15) is 5.10 Å². The monoisotopic (exact) mass is 887 g/mol. The lowest BCUT2D eigenvalue weighted by molar-refractivity contribution is 0.360. The fourth-order valence-electron chi connectivity index (χ4n) is 10.7. The molecule has 1 aromatic heterocycles. The van der Waals surface area contributed by atoms with E-state index in [1.807, 2.05) is 16.8 Å². The van der Waals surface area contributed by atoms with E-state index in [0.717, 1.165) is 62.5 Å². The highest BCUT2D eigenvalue weighted by Gasteiger charge is 2.48. The van der Waals surface area contributed by atoms with Gasteiger partial charge in [0.25, 0.3) is 0 Å². The maximum absolute atomic E-state index is 7.06. The summed E-state index contributed by atoms with van der Waals surface area (Å²) in [5.41, 5.74) is 15.3. The Morgan fingerprint density at radius 3 is 1.88 bits per heavy atom. The van der Waals surface area contributed by atoms with Crippen molar-refractivity contribution in [1.82, 2.24) is 14.8 Å². The van der Waals surface area contributed by atoms with Gasteiger partial charge in [0, 0.05) is 22.6 Å². The van der Waals surface area contributed by atoms with E-state index in [-0.39, 0.29) is 0 Å². The number of hydrogen-bond donors (Lipinski definition) is 0. The molecule has 0 saturated heterocycles. The first-order valence-electron chi connectivity index (χ1n) is 23.7. The van der Waals surface area contributed by atoms with Crippen LogP contribution in [0.2, 0.25) is 0 Å². The molecule has 13 rings (SSSR count). The summed E-state index contributed by atoms with van der Waals surface area (Å²) < 4.78 is 15.8. The van der Waals surface area contributed by atoms with Gasteiger partial charge < -0.3 is 9.47 Å². The molecule has 2 aliphatic carbocycles. The Bertz CT molecular complexity index is 3550. The molecule has 5 nitrogen and oxygen atoms in total. The lowest BCUT2D eigenvalue weighted by atomic mass is 9.68. The molecule has 0 bridgehead atoms. The van der Waals surface area contributed by atoms with E-state index in [1.165, 1.54) is 33.4 Å². The number of aromatic nitrogens is 3. The summed E-state index contributed by atoms with van der Waals surface area (Å²) in [4.78, 5) is 5.22. The van der Waals surface area contributed by atoms with Crippen LogP contribution < -0.4 is 9.47 Å². The molecule has 1 aliphatic heterocycles.